The molecule has 3 nitrogen and oxygen atoms in total. The van der Waals surface area contributed by atoms with Crippen LogP contribution >= 0.6 is 0 Å². The predicted molar refractivity (Wildman–Crippen MR) is 57.3 cm³/mol. The van der Waals surface area contributed by atoms with Crippen LogP contribution in [0.25, 0.3) is 11.5 Å². The molecule has 3 heteroatoms. The summed E-state index contributed by atoms with van der Waals surface area (Å²) in [7, 11) is 0. The van der Waals surface area contributed by atoms with Crippen LogP contribution in [0.1, 0.15) is 24.5 Å². The third-order valence-electron chi connectivity index (χ3n) is 2.25. The summed E-state index contributed by atoms with van der Waals surface area (Å²) in [5, 5.41) is 9.44. The number of aliphatic hydroxyl groups is 1. The Labute approximate surface area is 88.4 Å². The van der Waals surface area contributed by atoms with Gasteiger partial charge < -0.3 is 9.52 Å². The first-order valence-corrected chi connectivity index (χ1v) is 4.89. The smallest absolute Gasteiger partial charge is 0.226 e. The molecule has 1 N–H and O–H groups in total. The number of nitrogens with zero attached hydrogens (tertiary/aromatic N) is 1. The SMILES string of the molecule is Cc1oc(-c2ccccc2)nc1C(C)O. The average Bonchev–Trinajstić information content (AvgIpc) is 2.62. The molecular formula is C12H13NO2. The van der Waals surface area contributed by atoms with Crippen LogP contribution in [0.15, 0.2) is 34.7 Å². The van der Waals surface area contributed by atoms with E-state index in [-0.39, 0.29) is 0 Å². The summed E-state index contributed by atoms with van der Waals surface area (Å²) in [4.78, 5) is 4.26. The van der Waals surface area contributed by atoms with Crippen LogP contribution in [0.5, 0.6) is 0 Å². The molecule has 1 unspecified atom stereocenters. The van der Waals surface area contributed by atoms with Crippen LogP contribution in [0.4, 0.5) is 0 Å². The number of hydrogen-bond acceptors (Lipinski definition) is 3. The first-order valence-electron chi connectivity index (χ1n) is 4.89. The number of aliphatic hydroxyl groups excluding tert-OH is 1. The summed E-state index contributed by atoms with van der Waals surface area (Å²) in [6, 6.07) is 9.65. The van der Waals surface area contributed by atoms with Crippen molar-refractivity contribution in [2.75, 3.05) is 0 Å². The molecule has 0 aliphatic carbocycles. The van der Waals surface area contributed by atoms with E-state index in [0.717, 1.165) is 5.56 Å². The minimum Gasteiger partial charge on any atom is -0.441 e. The van der Waals surface area contributed by atoms with Crippen molar-refractivity contribution in [1.29, 1.82) is 0 Å². The Morgan fingerprint density at radius 2 is 1.93 bits per heavy atom. The fraction of sp³-hybridized carbons (Fsp3) is 0.250. The molecule has 0 spiro atoms. The second-order valence-electron chi connectivity index (χ2n) is 3.50. The first-order chi connectivity index (χ1) is 7.18. The minimum absolute atomic E-state index is 0.559. The molecule has 2 rings (SSSR count). The Kier molecular flexibility index (Phi) is 2.56. The third-order valence-corrected chi connectivity index (χ3v) is 2.25. The predicted octanol–water partition coefficient (Wildman–Crippen LogP) is 2.70. The summed E-state index contributed by atoms with van der Waals surface area (Å²) in [5.41, 5.74) is 1.53. The molecule has 78 valence electrons. The Hall–Kier alpha value is -1.61. The molecule has 1 aromatic carbocycles. The van der Waals surface area contributed by atoms with Gasteiger partial charge in [0.05, 0.1) is 6.10 Å². The van der Waals surface area contributed by atoms with Gasteiger partial charge in [-0.05, 0) is 26.0 Å². The van der Waals surface area contributed by atoms with Gasteiger partial charge in [0, 0.05) is 5.56 Å². The van der Waals surface area contributed by atoms with E-state index in [9.17, 15) is 5.11 Å². The standard InChI is InChI=1S/C12H13NO2/c1-8(14)11-9(2)15-12(13-11)10-6-4-3-5-7-10/h3-8,14H,1-2H3. The number of rotatable bonds is 2. The van der Waals surface area contributed by atoms with E-state index in [1.807, 2.05) is 37.3 Å². The molecule has 0 aliphatic rings. The van der Waals surface area contributed by atoms with Crippen LogP contribution in [0, 0.1) is 6.92 Å². The van der Waals surface area contributed by atoms with E-state index in [0.29, 0.717) is 17.3 Å². The topological polar surface area (TPSA) is 46.3 Å². The van der Waals surface area contributed by atoms with Crippen LogP contribution in [0.3, 0.4) is 0 Å². The lowest BCUT2D eigenvalue weighted by atomic mass is 10.2. The molecule has 1 aromatic heterocycles. The van der Waals surface area contributed by atoms with Gasteiger partial charge in [0.15, 0.2) is 0 Å². The van der Waals surface area contributed by atoms with Gasteiger partial charge in [-0.3, -0.25) is 0 Å². The molecule has 0 radical (unpaired) electrons. The van der Waals surface area contributed by atoms with E-state index < -0.39 is 6.10 Å². The van der Waals surface area contributed by atoms with E-state index >= 15 is 0 Å². The van der Waals surface area contributed by atoms with Gasteiger partial charge in [-0.25, -0.2) is 4.98 Å². The van der Waals surface area contributed by atoms with Gasteiger partial charge in [0.1, 0.15) is 11.5 Å². The van der Waals surface area contributed by atoms with Gasteiger partial charge in [0.2, 0.25) is 5.89 Å². The van der Waals surface area contributed by atoms with E-state index in [1.165, 1.54) is 0 Å². The highest BCUT2D eigenvalue weighted by Crippen LogP contribution is 2.24. The summed E-state index contributed by atoms with van der Waals surface area (Å²) in [5.74, 6) is 1.23. The van der Waals surface area contributed by atoms with E-state index in [4.69, 9.17) is 4.42 Å². The minimum atomic E-state index is -0.591. The van der Waals surface area contributed by atoms with E-state index in [2.05, 4.69) is 4.98 Å². The van der Waals surface area contributed by atoms with Crippen molar-refractivity contribution < 1.29 is 9.52 Å². The molecule has 0 saturated carbocycles. The maximum Gasteiger partial charge on any atom is 0.226 e. The summed E-state index contributed by atoms with van der Waals surface area (Å²) < 4.78 is 5.49. The summed E-state index contributed by atoms with van der Waals surface area (Å²) in [6.45, 7) is 3.49. The Bertz CT molecular complexity index is 446. The highest BCUT2D eigenvalue weighted by molar-refractivity contribution is 5.53. The lowest BCUT2D eigenvalue weighted by Crippen LogP contribution is -1.93. The molecule has 0 amide bonds. The maximum absolute atomic E-state index is 9.44. The first kappa shape index (κ1) is 9.93. The second kappa shape index (κ2) is 3.87. The number of benzene rings is 1. The van der Waals surface area contributed by atoms with Gasteiger partial charge in [-0.15, -0.1) is 0 Å². The monoisotopic (exact) mass is 203 g/mol. The Morgan fingerprint density at radius 1 is 1.27 bits per heavy atom. The normalized spacial score (nSPS) is 12.7. The maximum atomic E-state index is 9.44. The van der Waals surface area contributed by atoms with Crippen LogP contribution in [-0.4, -0.2) is 10.1 Å². The highest BCUT2D eigenvalue weighted by Gasteiger charge is 2.14. The summed E-state index contributed by atoms with van der Waals surface area (Å²) >= 11 is 0. The van der Waals surface area contributed by atoms with Crippen molar-refractivity contribution in [3.8, 4) is 11.5 Å². The zero-order valence-corrected chi connectivity index (χ0v) is 8.77. The lowest BCUT2D eigenvalue weighted by Gasteiger charge is -1.97. The van der Waals surface area contributed by atoms with Crippen molar-refractivity contribution in [2.45, 2.75) is 20.0 Å². The number of hydrogen-bond donors (Lipinski definition) is 1. The number of aryl methyl sites for hydroxylation is 1. The summed E-state index contributed by atoms with van der Waals surface area (Å²) in [6.07, 6.45) is -0.591. The zero-order chi connectivity index (χ0) is 10.8. The molecule has 2 aromatic rings. The third kappa shape index (κ3) is 1.92. The Balaban J connectivity index is 2.43. The van der Waals surface area contributed by atoms with Crippen LogP contribution in [-0.2, 0) is 0 Å². The average molecular weight is 203 g/mol. The van der Waals surface area contributed by atoms with Gasteiger partial charge in [0.25, 0.3) is 0 Å². The number of oxazole rings is 1. The molecule has 0 saturated heterocycles. The van der Waals surface area contributed by atoms with Crippen LogP contribution in [0.2, 0.25) is 0 Å². The van der Waals surface area contributed by atoms with E-state index in [1.54, 1.807) is 6.92 Å². The van der Waals surface area contributed by atoms with Crippen molar-refractivity contribution >= 4 is 0 Å². The highest BCUT2D eigenvalue weighted by atomic mass is 16.4. The van der Waals surface area contributed by atoms with Gasteiger partial charge in [-0.2, -0.15) is 0 Å². The van der Waals surface area contributed by atoms with Crippen molar-refractivity contribution in [3.63, 3.8) is 0 Å². The number of aromatic nitrogens is 1. The molecule has 1 atom stereocenters. The van der Waals surface area contributed by atoms with Gasteiger partial charge in [-0.1, -0.05) is 18.2 Å². The quantitative estimate of drug-likeness (QED) is 0.816. The Morgan fingerprint density at radius 3 is 2.47 bits per heavy atom. The largest absolute Gasteiger partial charge is 0.441 e. The lowest BCUT2D eigenvalue weighted by molar-refractivity contribution is 0.193. The fourth-order valence-corrected chi connectivity index (χ4v) is 1.50. The molecular weight excluding hydrogens is 190 g/mol. The second-order valence-corrected chi connectivity index (χ2v) is 3.50. The molecule has 0 aliphatic heterocycles. The van der Waals surface area contributed by atoms with Crippen molar-refractivity contribution in [1.82, 2.24) is 4.98 Å². The van der Waals surface area contributed by atoms with Gasteiger partial charge >= 0.3 is 0 Å². The molecule has 0 fully saturated rings. The van der Waals surface area contributed by atoms with Crippen LogP contribution < -0.4 is 0 Å². The zero-order valence-electron chi connectivity index (χ0n) is 8.77. The van der Waals surface area contributed by atoms with Crippen molar-refractivity contribution in [2.24, 2.45) is 0 Å². The molecule has 15 heavy (non-hydrogen) atoms. The van der Waals surface area contributed by atoms with Crippen molar-refractivity contribution in [3.05, 3.63) is 41.8 Å². The fourth-order valence-electron chi connectivity index (χ4n) is 1.50. The molecule has 0 bridgehead atoms. The molecule has 1 heterocycles.